The van der Waals surface area contributed by atoms with Gasteiger partial charge in [-0.25, -0.2) is 8.78 Å². The van der Waals surface area contributed by atoms with Crippen molar-refractivity contribution in [1.82, 2.24) is 0 Å². The Labute approximate surface area is 182 Å². The van der Waals surface area contributed by atoms with Crippen LogP contribution in [0.3, 0.4) is 0 Å². The second-order valence-electron chi connectivity index (χ2n) is 9.51. The van der Waals surface area contributed by atoms with Crippen LogP contribution in [0.15, 0.2) is 42.5 Å². The summed E-state index contributed by atoms with van der Waals surface area (Å²) in [6.07, 6.45) is 13.5. The van der Waals surface area contributed by atoms with Crippen LogP contribution in [0.25, 0.3) is 5.57 Å². The maximum Gasteiger partial charge on any atom is 0.346 e. The summed E-state index contributed by atoms with van der Waals surface area (Å²) in [5.41, 5.74) is -1.05. The molecule has 2 fully saturated rings. The summed E-state index contributed by atoms with van der Waals surface area (Å²) in [7, 11) is 0. The predicted octanol–water partition coefficient (Wildman–Crippen LogP) is 7.87. The molecule has 1 aromatic rings. The van der Waals surface area contributed by atoms with E-state index in [2.05, 4.69) is 0 Å². The molecule has 3 aliphatic rings. The summed E-state index contributed by atoms with van der Waals surface area (Å²) in [5, 5.41) is 0. The topological polar surface area (TPSA) is 9.23 Å². The summed E-state index contributed by atoms with van der Waals surface area (Å²) < 4.78 is 61.3. The van der Waals surface area contributed by atoms with Crippen LogP contribution < -0.4 is 0 Å². The number of hydrogen-bond donors (Lipinski definition) is 0. The molecule has 0 amide bonds. The monoisotopic (exact) mass is 436 g/mol. The third-order valence-corrected chi connectivity index (χ3v) is 7.70. The summed E-state index contributed by atoms with van der Waals surface area (Å²) in [6, 6.07) is 6.11. The van der Waals surface area contributed by atoms with Crippen LogP contribution in [-0.4, -0.2) is 18.4 Å². The number of ether oxygens (including phenoxy) is 1. The lowest BCUT2D eigenvalue weighted by atomic mass is 9.68. The molecule has 31 heavy (non-hydrogen) atoms. The van der Waals surface area contributed by atoms with Crippen molar-refractivity contribution in [2.24, 2.45) is 17.8 Å². The summed E-state index contributed by atoms with van der Waals surface area (Å²) >= 11 is 0. The number of benzene rings is 1. The normalized spacial score (nSPS) is 31.9. The lowest BCUT2D eigenvalue weighted by Gasteiger charge is -2.44. The van der Waals surface area contributed by atoms with Crippen LogP contribution in [0.4, 0.5) is 17.6 Å². The van der Waals surface area contributed by atoms with E-state index in [9.17, 15) is 13.2 Å². The zero-order valence-corrected chi connectivity index (χ0v) is 17.9. The highest BCUT2D eigenvalue weighted by molar-refractivity contribution is 5.76. The minimum Gasteiger partial charge on any atom is -0.308 e. The van der Waals surface area contributed by atoms with E-state index >= 15 is 4.39 Å². The highest BCUT2D eigenvalue weighted by Crippen LogP contribution is 2.46. The maximum absolute atomic E-state index is 15.5. The first kappa shape index (κ1) is 22.6. The van der Waals surface area contributed by atoms with Gasteiger partial charge < -0.3 is 4.74 Å². The fourth-order valence-electron chi connectivity index (χ4n) is 5.92. The van der Waals surface area contributed by atoms with Gasteiger partial charge in [0.25, 0.3) is 0 Å². The van der Waals surface area contributed by atoms with E-state index in [1.807, 2.05) is 0 Å². The van der Waals surface area contributed by atoms with Gasteiger partial charge in [-0.05, 0) is 54.4 Å². The molecule has 0 spiro atoms. The van der Waals surface area contributed by atoms with Crippen LogP contribution >= 0.6 is 0 Å². The Balaban J connectivity index is 1.44. The molecule has 1 aromatic carbocycles. The van der Waals surface area contributed by atoms with Crippen molar-refractivity contribution in [2.45, 2.75) is 82.6 Å². The minimum absolute atomic E-state index is 0.266. The van der Waals surface area contributed by atoms with Crippen molar-refractivity contribution in [3.05, 3.63) is 53.9 Å². The Kier molecular flexibility index (Phi) is 7.20. The van der Waals surface area contributed by atoms with Crippen molar-refractivity contribution in [3.8, 4) is 0 Å². The van der Waals surface area contributed by atoms with Gasteiger partial charge in [0, 0.05) is 5.56 Å². The molecule has 4 rings (SSSR count). The molecule has 170 valence electrons. The van der Waals surface area contributed by atoms with Crippen molar-refractivity contribution < 1.29 is 22.3 Å². The van der Waals surface area contributed by atoms with E-state index in [0.717, 1.165) is 18.8 Å². The Morgan fingerprint density at radius 1 is 0.935 bits per heavy atom. The number of alkyl halides is 3. The molecular formula is C26H32F4O. The fourth-order valence-corrected chi connectivity index (χ4v) is 5.92. The molecule has 1 nitrogen and oxygen atoms in total. The van der Waals surface area contributed by atoms with E-state index in [4.69, 9.17) is 4.74 Å². The standard InChI is InChI=1S/C26H32F4O/c27-23-8-4-3-7-22(23)20-15-16-26(24(28)17-20,31-25(29)30)21-13-11-19(12-14-21)10-9-18-5-1-2-6-18/h3-4,7-8,15-19,21,24-25H,1-2,5-6,9-14H2. The minimum atomic E-state index is -3.06. The average Bonchev–Trinajstić information content (AvgIpc) is 3.28. The molecule has 0 saturated heterocycles. The summed E-state index contributed by atoms with van der Waals surface area (Å²) in [4.78, 5) is 0. The first-order valence-electron chi connectivity index (χ1n) is 11.7. The highest BCUT2D eigenvalue weighted by atomic mass is 19.3. The molecule has 2 saturated carbocycles. The van der Waals surface area contributed by atoms with Gasteiger partial charge >= 0.3 is 6.61 Å². The van der Waals surface area contributed by atoms with E-state index < -0.39 is 24.2 Å². The quantitative estimate of drug-likeness (QED) is 0.395. The van der Waals surface area contributed by atoms with E-state index in [-0.39, 0.29) is 11.5 Å². The van der Waals surface area contributed by atoms with Gasteiger partial charge in [-0.3, -0.25) is 0 Å². The van der Waals surface area contributed by atoms with Crippen LogP contribution in [-0.2, 0) is 4.74 Å². The van der Waals surface area contributed by atoms with Gasteiger partial charge in [0.15, 0.2) is 6.17 Å². The zero-order valence-electron chi connectivity index (χ0n) is 17.9. The molecule has 0 bridgehead atoms. The van der Waals surface area contributed by atoms with Crippen molar-refractivity contribution in [1.29, 1.82) is 0 Å². The van der Waals surface area contributed by atoms with Crippen molar-refractivity contribution in [3.63, 3.8) is 0 Å². The molecule has 2 atom stereocenters. The van der Waals surface area contributed by atoms with Crippen molar-refractivity contribution in [2.75, 3.05) is 0 Å². The Morgan fingerprint density at radius 2 is 1.58 bits per heavy atom. The van der Waals surface area contributed by atoms with Gasteiger partial charge in [0.1, 0.15) is 11.4 Å². The van der Waals surface area contributed by atoms with E-state index in [1.54, 1.807) is 24.3 Å². The molecule has 3 aliphatic carbocycles. The number of allylic oxidation sites excluding steroid dienone is 2. The lowest BCUT2D eigenvalue weighted by Crippen LogP contribution is -2.50. The Hall–Kier alpha value is -1.62. The number of halogens is 4. The Bertz CT molecular complexity index is 790. The van der Waals surface area contributed by atoms with E-state index in [1.165, 1.54) is 56.7 Å². The average molecular weight is 437 g/mol. The van der Waals surface area contributed by atoms with Gasteiger partial charge in [-0.15, -0.1) is 0 Å². The van der Waals surface area contributed by atoms with E-state index in [0.29, 0.717) is 24.3 Å². The third-order valence-electron chi connectivity index (χ3n) is 7.70. The highest BCUT2D eigenvalue weighted by Gasteiger charge is 2.49. The molecule has 0 N–H and O–H groups in total. The Morgan fingerprint density at radius 3 is 2.19 bits per heavy atom. The summed E-state index contributed by atoms with van der Waals surface area (Å²) in [5.74, 6) is 0.671. The van der Waals surface area contributed by atoms with Gasteiger partial charge in [-0.1, -0.05) is 75.6 Å². The molecule has 0 heterocycles. The predicted molar refractivity (Wildman–Crippen MR) is 115 cm³/mol. The first-order chi connectivity index (χ1) is 15.0. The SMILES string of the molecule is Fc1ccccc1C1=CC(F)C(OC(F)F)(C2CCC(CCC3CCCC3)CC2)C=C1. The molecular weight excluding hydrogens is 404 g/mol. The van der Waals surface area contributed by atoms with Crippen LogP contribution in [0, 0.1) is 23.6 Å². The van der Waals surface area contributed by atoms with Crippen LogP contribution in [0.2, 0.25) is 0 Å². The number of rotatable bonds is 7. The second-order valence-corrected chi connectivity index (χ2v) is 9.51. The summed E-state index contributed by atoms with van der Waals surface area (Å²) in [6.45, 7) is -3.06. The molecule has 0 aromatic heterocycles. The lowest BCUT2D eigenvalue weighted by molar-refractivity contribution is -0.227. The molecule has 2 unspecified atom stereocenters. The molecule has 0 radical (unpaired) electrons. The maximum atomic E-state index is 15.5. The second kappa shape index (κ2) is 9.89. The van der Waals surface area contributed by atoms with Crippen LogP contribution in [0.5, 0.6) is 0 Å². The third kappa shape index (κ3) is 5.08. The zero-order chi connectivity index (χ0) is 21.8. The van der Waals surface area contributed by atoms with Crippen LogP contribution in [0.1, 0.15) is 69.8 Å². The first-order valence-corrected chi connectivity index (χ1v) is 11.7. The number of hydrogen-bond acceptors (Lipinski definition) is 1. The van der Waals surface area contributed by atoms with Gasteiger partial charge in [-0.2, -0.15) is 8.78 Å². The van der Waals surface area contributed by atoms with Gasteiger partial charge in [0.05, 0.1) is 0 Å². The van der Waals surface area contributed by atoms with Gasteiger partial charge in [0.2, 0.25) is 0 Å². The molecule has 0 aliphatic heterocycles. The molecule has 5 heteroatoms. The largest absolute Gasteiger partial charge is 0.346 e. The van der Waals surface area contributed by atoms with Crippen molar-refractivity contribution >= 4 is 5.57 Å². The smallest absolute Gasteiger partial charge is 0.308 e. The fraction of sp³-hybridized carbons (Fsp3) is 0.615.